The zero-order chi connectivity index (χ0) is 33.1. The molecule has 0 aromatic carbocycles. The average Bonchev–Trinajstić information content (AvgIpc) is 2.97. The Bertz CT molecular complexity index is 951. The van der Waals surface area contributed by atoms with E-state index in [1.807, 2.05) is 0 Å². The van der Waals surface area contributed by atoms with E-state index in [-0.39, 0.29) is 31.4 Å². The number of aliphatic hydroxyl groups excluding tert-OH is 5. The second kappa shape index (κ2) is 15.8. The van der Waals surface area contributed by atoms with Crippen LogP contribution in [-0.2, 0) is 23.7 Å². The van der Waals surface area contributed by atoms with E-state index in [0.717, 1.165) is 0 Å². The van der Waals surface area contributed by atoms with Crippen molar-refractivity contribution in [1.82, 2.24) is 10.6 Å². The average molecular weight is 652 g/mol. The lowest BCUT2D eigenvalue weighted by atomic mass is 9.75. The fourth-order valence-corrected chi connectivity index (χ4v) is 6.43. The van der Waals surface area contributed by atoms with Crippen LogP contribution in [0.5, 0.6) is 0 Å². The second-order valence-corrected chi connectivity index (χ2v) is 12.9. The highest BCUT2D eigenvalue weighted by molar-refractivity contribution is 5.86. The standard InChI is InChI=1S/C27H53N7O11/c28-4-3-12(36)8-33-9-13-1-2-14(30)24(42-13)44-22-15(31)5-16(34-26(40)27(41)6-11(29)7-27)23(21(22)39)45-25-20(38)18(32)19(37)17(10-35)43-25/h11-25,33,35-39,41H,1-10,28-32H2,(H,34,40)/t11?,12?,13-,14+,15-,16+,17+,18-,19+,20+,21-,22?,23-,24+,25+,27?/m0/s1. The minimum atomic E-state index is -1.70. The molecule has 0 radical (unpaired) electrons. The number of hydrogen-bond acceptors (Lipinski definition) is 17. The van der Waals surface area contributed by atoms with Gasteiger partial charge in [-0.3, -0.25) is 4.79 Å². The minimum absolute atomic E-state index is 0.00711. The van der Waals surface area contributed by atoms with Crippen LogP contribution in [0.2, 0.25) is 0 Å². The summed E-state index contributed by atoms with van der Waals surface area (Å²) in [5.74, 6) is -0.725. The maximum absolute atomic E-state index is 13.1. The largest absolute Gasteiger partial charge is 0.394 e. The molecule has 14 atom stereocenters. The highest BCUT2D eigenvalue weighted by Crippen LogP contribution is 2.34. The molecule has 18 N–H and O–H groups in total. The van der Waals surface area contributed by atoms with Crippen molar-refractivity contribution in [1.29, 1.82) is 0 Å². The topological polar surface area (TPSA) is 330 Å². The Morgan fingerprint density at radius 3 is 2.29 bits per heavy atom. The molecule has 2 aliphatic heterocycles. The Morgan fingerprint density at radius 2 is 1.64 bits per heavy atom. The van der Waals surface area contributed by atoms with Crippen LogP contribution in [0.1, 0.15) is 38.5 Å². The van der Waals surface area contributed by atoms with E-state index in [4.69, 9.17) is 47.6 Å². The van der Waals surface area contributed by atoms with E-state index >= 15 is 0 Å². The lowest BCUT2D eigenvalue weighted by Gasteiger charge is -2.49. The molecular weight excluding hydrogens is 598 g/mol. The van der Waals surface area contributed by atoms with Crippen LogP contribution in [0.4, 0.5) is 0 Å². The van der Waals surface area contributed by atoms with Gasteiger partial charge in [-0.1, -0.05) is 0 Å². The number of nitrogens with two attached hydrogens (primary N) is 5. The smallest absolute Gasteiger partial charge is 0.252 e. The Morgan fingerprint density at radius 1 is 0.956 bits per heavy atom. The van der Waals surface area contributed by atoms with Crippen LogP contribution in [0.25, 0.3) is 0 Å². The number of ether oxygens (including phenoxy) is 4. The van der Waals surface area contributed by atoms with Crippen LogP contribution in [0.3, 0.4) is 0 Å². The molecule has 4 rings (SSSR count). The summed E-state index contributed by atoms with van der Waals surface area (Å²) in [5, 5.41) is 68.7. The van der Waals surface area contributed by atoms with Crippen molar-refractivity contribution in [2.24, 2.45) is 28.7 Å². The summed E-state index contributed by atoms with van der Waals surface area (Å²) in [6, 6.07) is -4.00. The molecule has 4 fully saturated rings. The Balaban J connectivity index is 1.47. The van der Waals surface area contributed by atoms with E-state index in [2.05, 4.69) is 10.6 Å². The van der Waals surface area contributed by atoms with E-state index in [9.17, 15) is 35.4 Å². The normalized spacial score (nSPS) is 46.3. The zero-order valence-electron chi connectivity index (χ0n) is 25.3. The highest BCUT2D eigenvalue weighted by Gasteiger charge is 2.53. The monoisotopic (exact) mass is 651 g/mol. The summed E-state index contributed by atoms with van der Waals surface area (Å²) in [6.07, 6.45) is -9.78. The predicted octanol–water partition coefficient (Wildman–Crippen LogP) is -6.92. The molecule has 1 amide bonds. The number of amides is 1. The number of carbonyl (C=O) groups is 1. The first-order valence-electron chi connectivity index (χ1n) is 15.7. The third-order valence-corrected chi connectivity index (χ3v) is 9.23. The van der Waals surface area contributed by atoms with Gasteiger partial charge in [-0.2, -0.15) is 0 Å². The Labute approximate surface area is 261 Å². The molecule has 0 aromatic heterocycles. The van der Waals surface area contributed by atoms with E-state index in [1.165, 1.54) is 0 Å². The second-order valence-electron chi connectivity index (χ2n) is 12.9. The number of hydrogen-bond donors (Lipinski definition) is 13. The van der Waals surface area contributed by atoms with Crippen molar-refractivity contribution in [3.8, 4) is 0 Å². The summed E-state index contributed by atoms with van der Waals surface area (Å²) < 4.78 is 23.9. The van der Waals surface area contributed by atoms with Crippen LogP contribution >= 0.6 is 0 Å². The summed E-state index contributed by atoms with van der Waals surface area (Å²) in [6.45, 7) is 0.484. The van der Waals surface area contributed by atoms with Crippen molar-refractivity contribution in [3.05, 3.63) is 0 Å². The first-order valence-corrected chi connectivity index (χ1v) is 15.7. The van der Waals surface area contributed by atoms with Gasteiger partial charge in [0.05, 0.1) is 36.9 Å². The molecule has 2 heterocycles. The zero-order valence-corrected chi connectivity index (χ0v) is 25.3. The highest BCUT2D eigenvalue weighted by atomic mass is 16.7. The van der Waals surface area contributed by atoms with Gasteiger partial charge in [-0.25, -0.2) is 0 Å². The van der Waals surface area contributed by atoms with Gasteiger partial charge < -0.3 is 88.9 Å². The summed E-state index contributed by atoms with van der Waals surface area (Å²) >= 11 is 0. The van der Waals surface area contributed by atoms with Gasteiger partial charge in [0.1, 0.15) is 42.2 Å². The molecular formula is C27H53N7O11. The summed E-state index contributed by atoms with van der Waals surface area (Å²) in [7, 11) is 0. The third-order valence-electron chi connectivity index (χ3n) is 9.23. The first-order chi connectivity index (χ1) is 21.3. The SMILES string of the molecule is NCCC(O)CNC[C@@H]1CC[C@@H](N)[C@@H](OC2[C@@H](N)C[C@@H](NC(=O)C3(O)CC(N)C3)[C@H](O[C@H]3O[C@H](CO)[C@@H](O)[C@H](N)[C@H]3O)[C@H]2O)O1. The minimum Gasteiger partial charge on any atom is -0.394 e. The number of rotatable bonds is 13. The molecule has 45 heavy (non-hydrogen) atoms. The summed E-state index contributed by atoms with van der Waals surface area (Å²) in [4.78, 5) is 13.1. The molecule has 2 saturated carbocycles. The van der Waals surface area contributed by atoms with Crippen molar-refractivity contribution in [2.75, 3.05) is 26.2 Å². The van der Waals surface area contributed by atoms with Crippen LogP contribution in [0.15, 0.2) is 0 Å². The number of aliphatic hydroxyl groups is 6. The van der Waals surface area contributed by atoms with Gasteiger partial charge in [0.2, 0.25) is 0 Å². The number of carbonyl (C=O) groups excluding carboxylic acids is 1. The van der Waals surface area contributed by atoms with Crippen LogP contribution < -0.4 is 39.3 Å². The van der Waals surface area contributed by atoms with E-state index in [1.54, 1.807) is 0 Å². The molecule has 262 valence electrons. The van der Waals surface area contributed by atoms with Crippen molar-refractivity contribution in [3.63, 3.8) is 0 Å². The fourth-order valence-electron chi connectivity index (χ4n) is 6.43. The molecule has 4 aliphatic rings. The van der Waals surface area contributed by atoms with Crippen LogP contribution in [0, 0.1) is 0 Å². The summed E-state index contributed by atoms with van der Waals surface area (Å²) in [5.41, 5.74) is 28.3. The van der Waals surface area contributed by atoms with Crippen molar-refractivity contribution >= 4 is 5.91 Å². The van der Waals surface area contributed by atoms with Crippen LogP contribution in [-0.4, -0.2) is 160 Å². The van der Waals surface area contributed by atoms with Gasteiger partial charge in [0.25, 0.3) is 5.91 Å². The molecule has 2 saturated heterocycles. The van der Waals surface area contributed by atoms with Gasteiger partial charge in [0, 0.05) is 38.0 Å². The van der Waals surface area contributed by atoms with E-state index < -0.39 is 97.6 Å². The molecule has 0 spiro atoms. The number of nitrogens with one attached hydrogen (secondary N) is 2. The maximum Gasteiger partial charge on any atom is 0.252 e. The van der Waals surface area contributed by atoms with Gasteiger partial charge in [-0.05, 0) is 32.2 Å². The molecule has 2 aliphatic carbocycles. The molecule has 18 heteroatoms. The van der Waals surface area contributed by atoms with Crippen molar-refractivity contribution < 1.29 is 54.4 Å². The van der Waals surface area contributed by atoms with Gasteiger partial charge >= 0.3 is 0 Å². The molecule has 0 aromatic rings. The lowest BCUT2D eigenvalue weighted by Crippen LogP contribution is -2.70. The van der Waals surface area contributed by atoms with Crippen molar-refractivity contribution in [2.45, 2.75) is 136 Å². The third kappa shape index (κ3) is 8.65. The van der Waals surface area contributed by atoms with E-state index in [0.29, 0.717) is 38.9 Å². The fraction of sp³-hybridized carbons (Fsp3) is 0.963. The maximum atomic E-state index is 13.1. The van der Waals surface area contributed by atoms with Gasteiger partial charge in [0.15, 0.2) is 12.6 Å². The Kier molecular flexibility index (Phi) is 12.9. The lowest BCUT2D eigenvalue weighted by molar-refractivity contribution is -0.314. The predicted molar refractivity (Wildman–Crippen MR) is 157 cm³/mol. The van der Waals surface area contributed by atoms with Gasteiger partial charge in [-0.15, -0.1) is 0 Å². The Hall–Kier alpha value is -1.17. The quantitative estimate of drug-likeness (QED) is 0.0879. The molecule has 2 unspecified atom stereocenters. The molecule has 0 bridgehead atoms. The first kappa shape index (κ1) is 36.7. The molecule has 18 nitrogen and oxygen atoms in total.